The minimum absolute atomic E-state index is 0.0959. The molecule has 0 aliphatic heterocycles. The van der Waals surface area contributed by atoms with Crippen molar-refractivity contribution in [3.8, 4) is 0 Å². The van der Waals surface area contributed by atoms with Gasteiger partial charge in [0.05, 0.1) is 0 Å². The molecule has 0 saturated heterocycles. The highest BCUT2D eigenvalue weighted by Gasteiger charge is 2.05. The summed E-state index contributed by atoms with van der Waals surface area (Å²) < 4.78 is 24.4. The van der Waals surface area contributed by atoms with Gasteiger partial charge in [-0.25, -0.2) is 8.78 Å². The van der Waals surface area contributed by atoms with Crippen LogP contribution in [0.15, 0.2) is 24.3 Å². The molecule has 0 heterocycles. The second kappa shape index (κ2) is 5.05. The fourth-order valence-electron chi connectivity index (χ4n) is 1.18. The number of halogens is 2. The molecular formula is C11H15F2N. The Labute approximate surface area is 83.3 Å². The Kier molecular flexibility index (Phi) is 4.01. The lowest BCUT2D eigenvalue weighted by Crippen LogP contribution is -2.14. The van der Waals surface area contributed by atoms with Gasteiger partial charge < -0.3 is 4.90 Å². The van der Waals surface area contributed by atoms with Crippen LogP contribution in [0, 0.1) is 0 Å². The Balaban J connectivity index is 2.55. The molecule has 14 heavy (non-hydrogen) atoms. The zero-order valence-electron chi connectivity index (χ0n) is 8.50. The highest BCUT2D eigenvalue weighted by molar-refractivity contribution is 5.23. The van der Waals surface area contributed by atoms with Crippen molar-refractivity contribution in [2.75, 3.05) is 20.6 Å². The predicted octanol–water partition coefficient (Wildman–Crippen LogP) is 2.73. The maximum absolute atomic E-state index is 12.2. The van der Waals surface area contributed by atoms with E-state index < -0.39 is 6.43 Å². The first-order chi connectivity index (χ1) is 6.59. The van der Waals surface area contributed by atoms with Gasteiger partial charge in [0.15, 0.2) is 0 Å². The van der Waals surface area contributed by atoms with E-state index in [2.05, 4.69) is 4.90 Å². The van der Waals surface area contributed by atoms with Gasteiger partial charge in [0.25, 0.3) is 6.43 Å². The number of benzene rings is 1. The summed E-state index contributed by atoms with van der Waals surface area (Å²) in [6.45, 7) is 0.939. The summed E-state index contributed by atoms with van der Waals surface area (Å²) in [6, 6.07) is 6.53. The Bertz CT molecular complexity index is 267. The highest BCUT2D eigenvalue weighted by atomic mass is 19.3. The van der Waals surface area contributed by atoms with E-state index in [0.717, 1.165) is 18.5 Å². The Morgan fingerprint density at radius 1 is 1.14 bits per heavy atom. The van der Waals surface area contributed by atoms with Crippen LogP contribution >= 0.6 is 0 Å². The summed E-state index contributed by atoms with van der Waals surface area (Å²) in [5.74, 6) is 0. The maximum atomic E-state index is 12.2. The van der Waals surface area contributed by atoms with E-state index in [9.17, 15) is 8.78 Å². The van der Waals surface area contributed by atoms with Crippen LogP contribution < -0.4 is 0 Å². The molecule has 0 atom stereocenters. The average molecular weight is 199 g/mol. The first-order valence-electron chi connectivity index (χ1n) is 4.61. The molecular weight excluding hydrogens is 184 g/mol. The predicted molar refractivity (Wildman–Crippen MR) is 53.7 cm³/mol. The molecule has 0 bridgehead atoms. The molecule has 1 aromatic carbocycles. The molecule has 0 radical (unpaired) electrons. The summed E-state index contributed by atoms with van der Waals surface area (Å²) in [7, 11) is 3.99. The van der Waals surface area contributed by atoms with Crippen molar-refractivity contribution in [2.45, 2.75) is 12.8 Å². The quantitative estimate of drug-likeness (QED) is 0.720. The van der Waals surface area contributed by atoms with E-state index in [1.807, 2.05) is 14.1 Å². The Morgan fingerprint density at radius 3 is 2.14 bits per heavy atom. The van der Waals surface area contributed by atoms with Gasteiger partial charge in [-0.1, -0.05) is 24.3 Å². The zero-order valence-corrected chi connectivity index (χ0v) is 8.50. The normalized spacial score (nSPS) is 11.3. The second-order valence-electron chi connectivity index (χ2n) is 3.60. The monoisotopic (exact) mass is 199 g/mol. The number of rotatable bonds is 4. The van der Waals surface area contributed by atoms with Gasteiger partial charge in [0.2, 0.25) is 0 Å². The van der Waals surface area contributed by atoms with Crippen molar-refractivity contribution in [3.63, 3.8) is 0 Å². The van der Waals surface area contributed by atoms with E-state index in [4.69, 9.17) is 0 Å². The van der Waals surface area contributed by atoms with Crippen LogP contribution in [-0.2, 0) is 6.42 Å². The van der Waals surface area contributed by atoms with Crippen molar-refractivity contribution in [1.29, 1.82) is 0 Å². The molecule has 3 heteroatoms. The SMILES string of the molecule is CN(C)CCc1ccc(C(F)F)cc1. The molecule has 0 unspecified atom stereocenters. The molecule has 0 aromatic heterocycles. The van der Waals surface area contributed by atoms with Crippen LogP contribution in [0.4, 0.5) is 8.78 Å². The molecule has 1 aromatic rings. The molecule has 1 nitrogen and oxygen atoms in total. The summed E-state index contributed by atoms with van der Waals surface area (Å²) >= 11 is 0. The summed E-state index contributed by atoms with van der Waals surface area (Å²) in [4.78, 5) is 2.07. The standard InChI is InChI=1S/C11H15F2N/c1-14(2)8-7-9-3-5-10(6-4-9)11(12)13/h3-6,11H,7-8H2,1-2H3. The van der Waals surface area contributed by atoms with E-state index >= 15 is 0 Å². The lowest BCUT2D eigenvalue weighted by atomic mass is 10.1. The molecule has 0 aliphatic rings. The van der Waals surface area contributed by atoms with Crippen LogP contribution in [0.1, 0.15) is 17.6 Å². The van der Waals surface area contributed by atoms with Crippen LogP contribution in [-0.4, -0.2) is 25.5 Å². The van der Waals surface area contributed by atoms with Gasteiger partial charge in [-0.3, -0.25) is 0 Å². The fourth-order valence-corrected chi connectivity index (χ4v) is 1.18. The number of hydrogen-bond donors (Lipinski definition) is 0. The van der Waals surface area contributed by atoms with Gasteiger partial charge in [0, 0.05) is 12.1 Å². The molecule has 1 rings (SSSR count). The van der Waals surface area contributed by atoms with Gasteiger partial charge in [-0.15, -0.1) is 0 Å². The molecule has 0 saturated carbocycles. The molecule has 0 amide bonds. The molecule has 0 aliphatic carbocycles. The Hall–Kier alpha value is -0.960. The third kappa shape index (κ3) is 3.42. The van der Waals surface area contributed by atoms with Crippen LogP contribution in [0.3, 0.4) is 0 Å². The minimum Gasteiger partial charge on any atom is -0.309 e. The van der Waals surface area contributed by atoms with E-state index in [-0.39, 0.29) is 5.56 Å². The molecule has 0 N–H and O–H groups in total. The minimum atomic E-state index is -2.36. The summed E-state index contributed by atoms with van der Waals surface area (Å²) in [6.07, 6.45) is -1.46. The van der Waals surface area contributed by atoms with E-state index in [1.54, 1.807) is 12.1 Å². The van der Waals surface area contributed by atoms with Crippen LogP contribution in [0.5, 0.6) is 0 Å². The summed E-state index contributed by atoms with van der Waals surface area (Å²) in [5, 5.41) is 0. The molecule has 0 fully saturated rings. The zero-order chi connectivity index (χ0) is 10.6. The van der Waals surface area contributed by atoms with Gasteiger partial charge >= 0.3 is 0 Å². The highest BCUT2D eigenvalue weighted by Crippen LogP contribution is 2.18. The van der Waals surface area contributed by atoms with E-state index in [1.165, 1.54) is 12.1 Å². The van der Waals surface area contributed by atoms with Gasteiger partial charge in [-0.2, -0.15) is 0 Å². The average Bonchev–Trinajstić information content (AvgIpc) is 2.15. The lowest BCUT2D eigenvalue weighted by Gasteiger charge is -2.09. The topological polar surface area (TPSA) is 3.24 Å². The van der Waals surface area contributed by atoms with Crippen molar-refractivity contribution in [2.24, 2.45) is 0 Å². The number of likely N-dealkylation sites (N-methyl/N-ethyl adjacent to an activating group) is 1. The van der Waals surface area contributed by atoms with Crippen LogP contribution in [0.2, 0.25) is 0 Å². The van der Waals surface area contributed by atoms with Crippen molar-refractivity contribution >= 4 is 0 Å². The first kappa shape index (κ1) is 11.1. The first-order valence-corrected chi connectivity index (χ1v) is 4.61. The summed E-state index contributed by atoms with van der Waals surface area (Å²) in [5.41, 5.74) is 1.20. The van der Waals surface area contributed by atoms with Crippen LogP contribution in [0.25, 0.3) is 0 Å². The van der Waals surface area contributed by atoms with Crippen molar-refractivity contribution in [3.05, 3.63) is 35.4 Å². The second-order valence-corrected chi connectivity index (χ2v) is 3.60. The van der Waals surface area contributed by atoms with E-state index in [0.29, 0.717) is 0 Å². The smallest absolute Gasteiger partial charge is 0.263 e. The Morgan fingerprint density at radius 2 is 1.71 bits per heavy atom. The number of hydrogen-bond acceptors (Lipinski definition) is 1. The molecule has 78 valence electrons. The van der Waals surface area contributed by atoms with Gasteiger partial charge in [-0.05, 0) is 26.1 Å². The third-order valence-corrected chi connectivity index (χ3v) is 2.08. The third-order valence-electron chi connectivity index (χ3n) is 2.08. The lowest BCUT2D eigenvalue weighted by molar-refractivity contribution is 0.151. The molecule has 0 spiro atoms. The fraction of sp³-hybridized carbons (Fsp3) is 0.455. The van der Waals surface area contributed by atoms with Crippen molar-refractivity contribution in [1.82, 2.24) is 4.90 Å². The number of alkyl halides is 2. The van der Waals surface area contributed by atoms with Crippen molar-refractivity contribution < 1.29 is 8.78 Å². The van der Waals surface area contributed by atoms with Gasteiger partial charge in [0.1, 0.15) is 0 Å². The number of nitrogens with zero attached hydrogens (tertiary/aromatic N) is 1. The largest absolute Gasteiger partial charge is 0.309 e. The maximum Gasteiger partial charge on any atom is 0.263 e.